The summed E-state index contributed by atoms with van der Waals surface area (Å²) in [5.74, 6) is 0.574. The predicted octanol–water partition coefficient (Wildman–Crippen LogP) is 7.90. The molecule has 0 aliphatic carbocycles. The number of amides is 3. The van der Waals surface area contributed by atoms with Crippen LogP contribution in [-0.2, 0) is 15.0 Å². The van der Waals surface area contributed by atoms with Crippen LogP contribution in [0.5, 0.6) is 11.5 Å². The van der Waals surface area contributed by atoms with Crippen LogP contribution in [0.4, 0.5) is 5.69 Å². The van der Waals surface area contributed by atoms with Gasteiger partial charge in [0.1, 0.15) is 16.9 Å². The van der Waals surface area contributed by atoms with Gasteiger partial charge in [-0.25, -0.2) is 0 Å². The van der Waals surface area contributed by atoms with Gasteiger partial charge in [0.2, 0.25) is 11.8 Å². The van der Waals surface area contributed by atoms with Gasteiger partial charge in [-0.05, 0) is 105 Å². The number of carbonyl (C=O) groups excluding carboxylic acids is 3. The van der Waals surface area contributed by atoms with Crippen molar-refractivity contribution in [2.45, 2.75) is 37.1 Å². The van der Waals surface area contributed by atoms with Gasteiger partial charge in [0, 0.05) is 50.8 Å². The number of anilines is 1. The Kier molecular flexibility index (Phi) is 10.7. The first kappa shape index (κ1) is 34.0. The zero-order valence-electron chi connectivity index (χ0n) is 26.1. The molecule has 3 N–H and O–H groups in total. The summed E-state index contributed by atoms with van der Waals surface area (Å²) in [5, 5.41) is 10.4. The highest BCUT2D eigenvalue weighted by molar-refractivity contribution is 9.10. The average molecular weight is 751 g/mol. The van der Waals surface area contributed by atoms with Crippen molar-refractivity contribution >= 4 is 62.5 Å². The molecule has 0 saturated carbocycles. The number of nitrogens with zero attached hydrogens (tertiary/aromatic N) is 1. The van der Waals surface area contributed by atoms with E-state index in [2.05, 4.69) is 36.8 Å². The van der Waals surface area contributed by atoms with E-state index in [4.69, 9.17) is 27.9 Å². The molecule has 1 spiro atoms. The Morgan fingerprint density at radius 2 is 1.69 bits per heavy atom. The molecule has 4 aromatic carbocycles. The molecular weight excluding hydrogens is 715 g/mol. The molecule has 0 aromatic heterocycles. The van der Waals surface area contributed by atoms with Gasteiger partial charge in [0.25, 0.3) is 5.91 Å². The molecule has 11 heteroatoms. The Balaban J connectivity index is 0.000000510. The Morgan fingerprint density at radius 1 is 0.938 bits per heavy atom. The summed E-state index contributed by atoms with van der Waals surface area (Å²) in [7, 11) is 0. The van der Waals surface area contributed by atoms with Crippen molar-refractivity contribution in [3.8, 4) is 11.5 Å². The van der Waals surface area contributed by atoms with Crippen LogP contribution >= 0.6 is 39.1 Å². The monoisotopic (exact) mass is 748 g/mol. The van der Waals surface area contributed by atoms with E-state index in [-0.39, 0.29) is 24.1 Å². The zero-order chi connectivity index (χ0) is 33.7. The van der Waals surface area contributed by atoms with Gasteiger partial charge < -0.3 is 25.6 Å². The summed E-state index contributed by atoms with van der Waals surface area (Å²) >= 11 is 15.3. The lowest BCUT2D eigenvalue weighted by Crippen LogP contribution is -2.52. The maximum atomic E-state index is 13.6. The first-order valence-electron chi connectivity index (χ1n) is 15.9. The lowest BCUT2D eigenvalue weighted by molar-refractivity contribution is -0.130. The summed E-state index contributed by atoms with van der Waals surface area (Å²) < 4.78 is 7.10. The predicted molar refractivity (Wildman–Crippen MR) is 192 cm³/mol. The molecule has 248 valence electrons. The van der Waals surface area contributed by atoms with Crippen molar-refractivity contribution in [2.24, 2.45) is 0 Å². The number of hydrogen-bond acceptors (Lipinski definition) is 5. The minimum atomic E-state index is -1.02. The van der Waals surface area contributed by atoms with Crippen LogP contribution in [0.1, 0.15) is 53.2 Å². The maximum Gasteiger partial charge on any atom is 0.251 e. The normalized spacial score (nSPS) is 19.9. The highest BCUT2D eigenvalue weighted by Crippen LogP contribution is 2.53. The molecule has 3 aliphatic rings. The molecule has 3 amide bonds. The number of piperidine rings is 1. The van der Waals surface area contributed by atoms with Crippen molar-refractivity contribution in [1.29, 1.82) is 0 Å². The first-order valence-corrected chi connectivity index (χ1v) is 17.5. The number of ether oxygens (including phenoxy) is 1. The molecule has 7 rings (SSSR count). The van der Waals surface area contributed by atoms with Gasteiger partial charge in [-0.3, -0.25) is 14.4 Å². The molecule has 2 atom stereocenters. The third kappa shape index (κ3) is 7.55. The van der Waals surface area contributed by atoms with E-state index in [9.17, 15) is 14.4 Å². The molecule has 0 radical (unpaired) electrons. The molecule has 2 saturated heterocycles. The Bertz CT molecular complexity index is 1800. The van der Waals surface area contributed by atoms with Crippen LogP contribution < -0.4 is 20.7 Å². The van der Waals surface area contributed by atoms with Gasteiger partial charge in [0.05, 0.1) is 6.04 Å². The van der Waals surface area contributed by atoms with Gasteiger partial charge in [0.15, 0.2) is 0 Å². The third-order valence-electron chi connectivity index (χ3n) is 8.93. The largest absolute Gasteiger partial charge is 0.457 e. The first-order chi connectivity index (χ1) is 23.2. The molecule has 3 heterocycles. The second kappa shape index (κ2) is 15.1. The Morgan fingerprint density at radius 3 is 2.40 bits per heavy atom. The van der Waals surface area contributed by atoms with E-state index < -0.39 is 11.5 Å². The number of fused-ring (bicyclic) bond motifs is 2. The molecule has 0 unspecified atom stereocenters. The van der Waals surface area contributed by atoms with Crippen molar-refractivity contribution in [3.63, 3.8) is 0 Å². The van der Waals surface area contributed by atoms with Crippen LogP contribution in [0.25, 0.3) is 0 Å². The van der Waals surface area contributed by atoms with E-state index in [1.165, 1.54) is 12.8 Å². The second-order valence-corrected chi connectivity index (χ2v) is 13.8. The summed E-state index contributed by atoms with van der Waals surface area (Å²) in [5.41, 5.74) is 1.63. The minimum Gasteiger partial charge on any atom is -0.457 e. The van der Waals surface area contributed by atoms with Crippen LogP contribution in [0.15, 0.2) is 95.5 Å². The molecule has 2 fully saturated rings. The summed E-state index contributed by atoms with van der Waals surface area (Å²) in [6.07, 6.45) is 3.01. The van der Waals surface area contributed by atoms with E-state index in [1.807, 2.05) is 54.6 Å². The summed E-state index contributed by atoms with van der Waals surface area (Å²) in [6, 6.07) is 26.6. The summed E-state index contributed by atoms with van der Waals surface area (Å²) in [4.78, 5) is 41.3. The van der Waals surface area contributed by atoms with E-state index in [1.54, 1.807) is 36.4 Å². The lowest BCUT2D eigenvalue weighted by atomic mass is 9.67. The number of nitrogens with one attached hydrogen (secondary N) is 3. The highest BCUT2D eigenvalue weighted by Gasteiger charge is 2.56. The lowest BCUT2D eigenvalue weighted by Gasteiger charge is -2.40. The SMILES string of the molecule is Clc1ccccc1.O=C1CC[C@]2(C(=O)Nc3cc(Cl)ccc32)[C@@H](c2cc(Br)ccc2Oc2ccc(C(=O)NCCN3CCCC3)cc2)N1. The number of benzene rings is 4. The van der Waals surface area contributed by atoms with Gasteiger partial charge in [-0.1, -0.05) is 63.4 Å². The zero-order valence-corrected chi connectivity index (χ0v) is 29.2. The fourth-order valence-electron chi connectivity index (χ4n) is 6.54. The fourth-order valence-corrected chi connectivity index (χ4v) is 7.24. The topological polar surface area (TPSA) is 99.8 Å². The van der Waals surface area contributed by atoms with Crippen LogP contribution in [0.2, 0.25) is 10.0 Å². The number of hydrogen-bond donors (Lipinski definition) is 3. The number of likely N-dealkylation sites (tertiary alicyclic amines) is 1. The Labute approximate surface area is 298 Å². The number of carbonyl (C=O) groups is 3. The highest BCUT2D eigenvalue weighted by atomic mass is 79.9. The standard InChI is InChI=1S/C31H30BrClN4O4.C6H5Cl/c32-20-5-10-26(41-22-7-3-19(4-8-22)29(39)34-13-16-37-14-1-2-15-37)23(17-20)28-31(12-11-27(38)36-28)24-9-6-21(33)18-25(24)35-30(31)40;7-6-4-2-1-3-5-6/h3-10,17-18,28H,1-2,11-16H2,(H,34,39)(H,35,40)(H,36,38);1-5H/t28-,31-;/m1./s1. The van der Waals surface area contributed by atoms with Crippen molar-refractivity contribution < 1.29 is 19.1 Å². The Hall–Kier alpha value is -3.89. The smallest absolute Gasteiger partial charge is 0.251 e. The van der Waals surface area contributed by atoms with Gasteiger partial charge >= 0.3 is 0 Å². The molecule has 48 heavy (non-hydrogen) atoms. The van der Waals surface area contributed by atoms with Crippen molar-refractivity contribution in [1.82, 2.24) is 15.5 Å². The van der Waals surface area contributed by atoms with Crippen LogP contribution in [0, 0.1) is 0 Å². The van der Waals surface area contributed by atoms with E-state index in [0.717, 1.165) is 34.7 Å². The fraction of sp³-hybridized carbons (Fsp3) is 0.270. The van der Waals surface area contributed by atoms with Crippen molar-refractivity contribution in [2.75, 3.05) is 31.5 Å². The quantitative estimate of drug-likeness (QED) is 0.179. The minimum absolute atomic E-state index is 0.127. The molecule has 3 aliphatic heterocycles. The molecule has 0 bridgehead atoms. The number of halogens is 3. The molecule has 4 aromatic rings. The maximum absolute atomic E-state index is 13.6. The van der Waals surface area contributed by atoms with Gasteiger partial charge in [-0.15, -0.1) is 0 Å². The average Bonchev–Trinajstić information content (AvgIpc) is 3.69. The third-order valence-corrected chi connectivity index (χ3v) is 9.91. The van der Waals surface area contributed by atoms with E-state index in [0.29, 0.717) is 46.3 Å². The van der Waals surface area contributed by atoms with E-state index >= 15 is 0 Å². The number of rotatable bonds is 7. The van der Waals surface area contributed by atoms with Crippen molar-refractivity contribution in [3.05, 3.63) is 122 Å². The molecular formula is C37H35BrCl2N4O4. The van der Waals surface area contributed by atoms with Crippen LogP contribution in [0.3, 0.4) is 0 Å². The second-order valence-electron chi connectivity index (χ2n) is 12.0. The summed E-state index contributed by atoms with van der Waals surface area (Å²) in [6.45, 7) is 3.65. The van der Waals surface area contributed by atoms with Gasteiger partial charge in [-0.2, -0.15) is 0 Å². The van der Waals surface area contributed by atoms with Crippen LogP contribution in [-0.4, -0.2) is 48.8 Å². The molecule has 8 nitrogen and oxygen atoms in total.